The number of nitrogens with zero attached hydrogens (tertiary/aromatic N) is 1. The first kappa shape index (κ1) is 19.5. The summed E-state index contributed by atoms with van der Waals surface area (Å²) < 4.78 is 5.09. The Morgan fingerprint density at radius 1 is 1.11 bits per heavy atom. The molecule has 0 saturated carbocycles. The van der Waals surface area contributed by atoms with Crippen LogP contribution in [0, 0.1) is 5.41 Å². The Hall–Kier alpha value is -2.31. The highest BCUT2D eigenvalue weighted by atomic mass is 35.5. The van der Waals surface area contributed by atoms with Crippen LogP contribution >= 0.6 is 12.4 Å². The first-order valence-corrected chi connectivity index (χ1v) is 9.10. The lowest BCUT2D eigenvalue weighted by Crippen LogP contribution is -2.44. The van der Waals surface area contributed by atoms with E-state index in [0.717, 1.165) is 39.0 Å². The number of rotatable bonds is 3. The average Bonchev–Trinajstić information content (AvgIpc) is 3.35. The maximum absolute atomic E-state index is 12.8. The van der Waals surface area contributed by atoms with E-state index in [1.165, 1.54) is 12.7 Å². The number of carbonyl (C=O) groups is 2. The minimum atomic E-state index is -0.326. The van der Waals surface area contributed by atoms with E-state index in [4.69, 9.17) is 4.42 Å². The summed E-state index contributed by atoms with van der Waals surface area (Å²) in [6, 6.07) is 10.4. The molecule has 2 aliphatic heterocycles. The van der Waals surface area contributed by atoms with Gasteiger partial charge in [0, 0.05) is 30.9 Å². The van der Waals surface area contributed by atoms with Gasteiger partial charge in [0.15, 0.2) is 5.76 Å². The number of furan rings is 1. The summed E-state index contributed by atoms with van der Waals surface area (Å²) in [5.74, 6) is -0.0543. The molecule has 1 aromatic heterocycles. The molecule has 0 bridgehead atoms. The predicted octanol–water partition coefficient (Wildman–Crippen LogP) is 3.17. The van der Waals surface area contributed by atoms with Crippen LogP contribution in [-0.2, 0) is 0 Å². The molecular formula is C20H24ClN3O3. The van der Waals surface area contributed by atoms with E-state index in [-0.39, 0.29) is 30.0 Å². The second kappa shape index (κ2) is 8.15. The number of piperidine rings is 1. The fourth-order valence-corrected chi connectivity index (χ4v) is 3.92. The molecule has 2 fully saturated rings. The van der Waals surface area contributed by atoms with Crippen molar-refractivity contribution < 1.29 is 14.0 Å². The van der Waals surface area contributed by atoms with Gasteiger partial charge in [0.2, 0.25) is 0 Å². The van der Waals surface area contributed by atoms with Crippen LogP contribution in [-0.4, -0.2) is 42.9 Å². The fourth-order valence-electron chi connectivity index (χ4n) is 3.92. The van der Waals surface area contributed by atoms with Crippen molar-refractivity contribution in [1.82, 2.24) is 10.2 Å². The van der Waals surface area contributed by atoms with E-state index >= 15 is 0 Å². The summed E-state index contributed by atoms with van der Waals surface area (Å²) in [5.41, 5.74) is 1.57. The van der Waals surface area contributed by atoms with Gasteiger partial charge in [-0.1, -0.05) is 6.07 Å². The predicted molar refractivity (Wildman–Crippen MR) is 105 cm³/mol. The summed E-state index contributed by atoms with van der Waals surface area (Å²) in [4.78, 5) is 26.9. The highest BCUT2D eigenvalue weighted by molar-refractivity contribution is 6.03. The van der Waals surface area contributed by atoms with Gasteiger partial charge in [0.05, 0.1) is 6.26 Å². The van der Waals surface area contributed by atoms with Gasteiger partial charge in [0.25, 0.3) is 11.8 Å². The Labute approximate surface area is 164 Å². The highest BCUT2D eigenvalue weighted by Crippen LogP contribution is 2.37. The molecule has 2 aromatic rings. The number of benzene rings is 1. The second-order valence-electron chi connectivity index (χ2n) is 7.23. The van der Waals surface area contributed by atoms with Crippen LogP contribution in [0.1, 0.15) is 40.2 Å². The monoisotopic (exact) mass is 389 g/mol. The third-order valence-corrected chi connectivity index (χ3v) is 5.56. The van der Waals surface area contributed by atoms with E-state index < -0.39 is 0 Å². The lowest BCUT2D eigenvalue weighted by atomic mass is 9.78. The zero-order chi connectivity index (χ0) is 18.0. The Morgan fingerprint density at radius 3 is 2.59 bits per heavy atom. The van der Waals surface area contributed by atoms with Crippen molar-refractivity contribution >= 4 is 29.9 Å². The van der Waals surface area contributed by atoms with Crippen molar-refractivity contribution in [2.45, 2.75) is 19.3 Å². The lowest BCUT2D eigenvalue weighted by Gasteiger charge is -2.39. The van der Waals surface area contributed by atoms with Crippen molar-refractivity contribution in [1.29, 1.82) is 0 Å². The smallest absolute Gasteiger partial charge is 0.291 e. The number of carbonyl (C=O) groups excluding carboxylic acids is 2. The number of hydrogen-bond acceptors (Lipinski definition) is 4. The summed E-state index contributed by atoms with van der Waals surface area (Å²) in [7, 11) is 0. The van der Waals surface area contributed by atoms with Crippen LogP contribution in [0.25, 0.3) is 0 Å². The lowest BCUT2D eigenvalue weighted by molar-refractivity contribution is 0.0607. The fraction of sp³-hybridized carbons (Fsp3) is 0.400. The van der Waals surface area contributed by atoms with Gasteiger partial charge in [-0.05, 0) is 61.6 Å². The van der Waals surface area contributed by atoms with E-state index in [1.54, 1.807) is 36.4 Å². The molecular weight excluding hydrogens is 366 g/mol. The molecule has 4 rings (SSSR count). The maximum atomic E-state index is 12.8. The third kappa shape index (κ3) is 4.17. The Balaban J connectivity index is 0.00000210. The van der Waals surface area contributed by atoms with Gasteiger partial charge in [-0.25, -0.2) is 0 Å². The molecule has 144 valence electrons. The largest absolute Gasteiger partial charge is 0.459 e. The Bertz CT molecular complexity index is 791. The number of nitrogens with one attached hydrogen (secondary N) is 2. The number of amides is 2. The first-order valence-electron chi connectivity index (χ1n) is 9.10. The maximum Gasteiger partial charge on any atom is 0.291 e. The van der Waals surface area contributed by atoms with E-state index in [0.29, 0.717) is 16.7 Å². The number of likely N-dealkylation sites (tertiary alicyclic amines) is 1. The van der Waals surface area contributed by atoms with Crippen molar-refractivity contribution in [3.8, 4) is 0 Å². The molecule has 0 unspecified atom stereocenters. The van der Waals surface area contributed by atoms with Crippen LogP contribution in [0.4, 0.5) is 5.69 Å². The van der Waals surface area contributed by atoms with Crippen molar-refractivity contribution in [2.75, 3.05) is 31.5 Å². The average molecular weight is 390 g/mol. The van der Waals surface area contributed by atoms with Gasteiger partial charge in [-0.15, -0.1) is 12.4 Å². The summed E-state index contributed by atoms with van der Waals surface area (Å²) in [6.45, 7) is 3.75. The normalized spacial score (nSPS) is 18.1. The van der Waals surface area contributed by atoms with Crippen molar-refractivity contribution in [2.24, 2.45) is 5.41 Å². The molecule has 0 atom stereocenters. The molecule has 1 spiro atoms. The highest BCUT2D eigenvalue weighted by Gasteiger charge is 2.38. The second-order valence-corrected chi connectivity index (χ2v) is 7.23. The number of anilines is 1. The molecule has 2 amide bonds. The standard InChI is InChI=1S/C20H23N3O3.ClH/c24-18(17-5-2-12-26-17)22-16-4-1-3-15(13-16)19(25)23-10-7-20(8-11-23)6-9-21-14-20;/h1-5,12-13,21H,6-11,14H2,(H,22,24);1H. The Kier molecular flexibility index (Phi) is 5.87. The van der Waals surface area contributed by atoms with Gasteiger partial charge < -0.3 is 20.0 Å². The van der Waals surface area contributed by atoms with E-state index in [2.05, 4.69) is 10.6 Å². The minimum Gasteiger partial charge on any atom is -0.459 e. The van der Waals surface area contributed by atoms with Gasteiger partial charge in [0.1, 0.15) is 0 Å². The quantitative estimate of drug-likeness (QED) is 0.845. The van der Waals surface area contributed by atoms with Gasteiger partial charge in [-0.2, -0.15) is 0 Å². The number of halogens is 1. The van der Waals surface area contributed by atoms with E-state index in [9.17, 15) is 9.59 Å². The molecule has 1 aromatic carbocycles. The van der Waals surface area contributed by atoms with Crippen LogP contribution in [0.5, 0.6) is 0 Å². The van der Waals surface area contributed by atoms with Crippen LogP contribution < -0.4 is 10.6 Å². The molecule has 2 N–H and O–H groups in total. The summed E-state index contributed by atoms with van der Waals surface area (Å²) >= 11 is 0. The van der Waals surface area contributed by atoms with Gasteiger partial charge in [-0.3, -0.25) is 9.59 Å². The van der Waals surface area contributed by atoms with Crippen LogP contribution in [0.2, 0.25) is 0 Å². The zero-order valence-electron chi connectivity index (χ0n) is 15.1. The summed E-state index contributed by atoms with van der Waals surface area (Å²) in [6.07, 6.45) is 4.78. The van der Waals surface area contributed by atoms with Crippen LogP contribution in [0.15, 0.2) is 47.1 Å². The topological polar surface area (TPSA) is 74.6 Å². The van der Waals surface area contributed by atoms with Gasteiger partial charge >= 0.3 is 0 Å². The first-order chi connectivity index (χ1) is 12.7. The molecule has 0 radical (unpaired) electrons. The molecule has 2 aliphatic rings. The molecule has 2 saturated heterocycles. The third-order valence-electron chi connectivity index (χ3n) is 5.56. The molecule has 3 heterocycles. The van der Waals surface area contributed by atoms with Crippen LogP contribution in [0.3, 0.4) is 0 Å². The molecule has 7 heteroatoms. The number of hydrogen-bond donors (Lipinski definition) is 2. The zero-order valence-corrected chi connectivity index (χ0v) is 15.9. The SMILES string of the molecule is Cl.O=C(Nc1cccc(C(=O)N2CCC3(CCNC3)CC2)c1)c1ccco1. The molecule has 27 heavy (non-hydrogen) atoms. The van der Waals surface area contributed by atoms with E-state index in [1.807, 2.05) is 4.90 Å². The molecule has 0 aliphatic carbocycles. The minimum absolute atomic E-state index is 0. The molecule has 6 nitrogen and oxygen atoms in total. The van der Waals surface area contributed by atoms with Crippen molar-refractivity contribution in [3.63, 3.8) is 0 Å². The van der Waals surface area contributed by atoms with Crippen molar-refractivity contribution in [3.05, 3.63) is 54.0 Å². The Morgan fingerprint density at radius 2 is 1.93 bits per heavy atom. The summed E-state index contributed by atoms with van der Waals surface area (Å²) in [5, 5.41) is 6.21.